The lowest BCUT2D eigenvalue weighted by Crippen LogP contribution is -2.49. The van der Waals surface area contributed by atoms with Crippen molar-refractivity contribution in [2.24, 2.45) is 11.8 Å². The fourth-order valence-electron chi connectivity index (χ4n) is 6.83. The molecule has 6 rings (SSSR count). The molecule has 4 unspecified atom stereocenters. The highest BCUT2D eigenvalue weighted by atomic mass is 35.5. The molecule has 0 saturated heterocycles. The Bertz CT molecular complexity index is 1410. The van der Waals surface area contributed by atoms with E-state index in [9.17, 15) is 18.3 Å². The molecule has 2 aromatic carbocycles. The van der Waals surface area contributed by atoms with Gasteiger partial charge in [0.05, 0.1) is 24.2 Å². The number of hydrogen-bond acceptors (Lipinski definition) is 6. The number of carbonyl (C=O) groups is 1. The molecule has 2 heterocycles. The quantitative estimate of drug-likeness (QED) is 0.449. The molecule has 4 aliphatic rings. The summed E-state index contributed by atoms with van der Waals surface area (Å²) in [6, 6.07) is 11.3. The summed E-state index contributed by atoms with van der Waals surface area (Å²) < 4.78 is 33.9. The van der Waals surface area contributed by atoms with Crippen molar-refractivity contribution in [3.05, 3.63) is 70.3 Å². The summed E-state index contributed by atoms with van der Waals surface area (Å²) in [5.74, 6) is 0.341. The number of nitrogens with zero attached hydrogens (tertiary/aromatic N) is 1. The van der Waals surface area contributed by atoms with Crippen molar-refractivity contribution in [3.8, 4) is 5.75 Å². The first-order valence-corrected chi connectivity index (χ1v) is 16.0. The molecule has 2 aromatic rings. The van der Waals surface area contributed by atoms with Gasteiger partial charge >= 0.3 is 0 Å². The van der Waals surface area contributed by atoms with E-state index < -0.39 is 22.0 Å². The van der Waals surface area contributed by atoms with Gasteiger partial charge in [-0.3, -0.25) is 4.79 Å². The maximum Gasteiger partial charge on any atom is 0.264 e. The van der Waals surface area contributed by atoms with Crippen molar-refractivity contribution < 1.29 is 23.1 Å². The standard InChI is InChI=1S/C30H35ClN2O5S/c31-23-9-11-25-20(15-23)5-4-13-30(25)18-33-17-22-7-10-24(22)27(34)6-2-1-3-14-39(36,37)32-29(35)21-8-12-28(38-19-30)26(33)16-21/h2,6,8-9,11-12,15-16,22,24,27,34H,1,3-5,7,10,13-14,17-19H2,(H,32,35)/b6-2+. The molecule has 0 radical (unpaired) electrons. The number of sulfonamides is 1. The van der Waals surface area contributed by atoms with E-state index in [1.165, 1.54) is 11.1 Å². The highest BCUT2D eigenvalue weighted by Gasteiger charge is 2.44. The average Bonchev–Trinajstić information content (AvgIpc) is 3.02. The van der Waals surface area contributed by atoms with Crippen LogP contribution in [0.3, 0.4) is 0 Å². The highest BCUT2D eigenvalue weighted by Crippen LogP contribution is 2.46. The number of carbonyl (C=O) groups excluding carboxylic acids is 1. The molecule has 2 aliphatic heterocycles. The van der Waals surface area contributed by atoms with E-state index in [1.54, 1.807) is 18.2 Å². The van der Waals surface area contributed by atoms with E-state index in [2.05, 4.69) is 21.8 Å². The van der Waals surface area contributed by atoms with Crippen LogP contribution in [0.5, 0.6) is 5.75 Å². The van der Waals surface area contributed by atoms with Crippen molar-refractivity contribution >= 4 is 33.2 Å². The van der Waals surface area contributed by atoms with Crippen molar-refractivity contribution in [1.82, 2.24) is 4.72 Å². The van der Waals surface area contributed by atoms with Crippen molar-refractivity contribution in [1.29, 1.82) is 0 Å². The first kappa shape index (κ1) is 26.7. The number of aliphatic hydroxyl groups excluding tert-OH is 1. The average molecular weight is 571 g/mol. The highest BCUT2D eigenvalue weighted by molar-refractivity contribution is 7.90. The third-order valence-corrected chi connectivity index (χ3v) is 10.6. The Balaban J connectivity index is 1.42. The van der Waals surface area contributed by atoms with Gasteiger partial charge in [0.2, 0.25) is 10.0 Å². The third kappa shape index (κ3) is 5.31. The smallest absolute Gasteiger partial charge is 0.264 e. The number of ether oxygens (including phenoxy) is 1. The van der Waals surface area contributed by atoms with Crippen LogP contribution in [0.1, 0.15) is 60.0 Å². The van der Waals surface area contributed by atoms with Gasteiger partial charge in [0.15, 0.2) is 0 Å². The number of anilines is 1. The van der Waals surface area contributed by atoms with Gasteiger partial charge in [0.25, 0.3) is 5.91 Å². The molecule has 2 bridgehead atoms. The van der Waals surface area contributed by atoms with Gasteiger partial charge < -0.3 is 14.7 Å². The lowest BCUT2D eigenvalue weighted by atomic mass is 9.68. The van der Waals surface area contributed by atoms with Crippen molar-refractivity contribution in [2.45, 2.75) is 56.5 Å². The zero-order valence-electron chi connectivity index (χ0n) is 21.9. The van der Waals surface area contributed by atoms with E-state index >= 15 is 0 Å². The first-order chi connectivity index (χ1) is 18.7. The van der Waals surface area contributed by atoms with Crippen molar-refractivity contribution in [3.63, 3.8) is 0 Å². The lowest BCUT2D eigenvalue weighted by molar-refractivity contribution is 0.0456. The number of nitrogens with one attached hydrogen (secondary N) is 1. The number of aliphatic hydroxyl groups is 1. The van der Waals surface area contributed by atoms with E-state index in [1.807, 2.05) is 18.2 Å². The van der Waals surface area contributed by atoms with E-state index in [0.29, 0.717) is 37.7 Å². The number of aryl methyl sites for hydroxylation is 1. The lowest BCUT2D eigenvalue weighted by Gasteiger charge is -2.45. The van der Waals surface area contributed by atoms with Crippen LogP contribution in [0.4, 0.5) is 5.69 Å². The molecule has 1 fully saturated rings. The maximum atomic E-state index is 13.0. The number of benzene rings is 2. The van der Waals surface area contributed by atoms with Crippen molar-refractivity contribution in [2.75, 3.05) is 30.3 Å². The number of allylic oxidation sites excluding steroid dienone is 1. The number of rotatable bonds is 0. The van der Waals surface area contributed by atoms with Crippen LogP contribution in [0.15, 0.2) is 48.6 Å². The summed E-state index contributed by atoms with van der Waals surface area (Å²) in [7, 11) is -3.78. The summed E-state index contributed by atoms with van der Waals surface area (Å²) in [4.78, 5) is 15.4. The van der Waals surface area contributed by atoms with E-state index in [0.717, 1.165) is 49.4 Å². The molecular weight excluding hydrogens is 536 g/mol. The molecule has 2 N–H and O–H groups in total. The van der Waals surface area contributed by atoms with Crippen LogP contribution in [0.2, 0.25) is 5.02 Å². The molecule has 1 spiro atoms. The molecule has 208 valence electrons. The number of fused-ring (bicyclic) bond motifs is 4. The minimum atomic E-state index is -3.78. The monoisotopic (exact) mass is 570 g/mol. The van der Waals surface area contributed by atoms with Crippen LogP contribution >= 0.6 is 11.6 Å². The molecule has 1 amide bonds. The van der Waals surface area contributed by atoms with Crippen LogP contribution in [0.25, 0.3) is 0 Å². The Morgan fingerprint density at radius 2 is 2.00 bits per heavy atom. The second-order valence-corrected chi connectivity index (χ2v) is 13.9. The SMILES string of the molecule is O=C1NS(=O)(=O)CCC/C=C/C(O)C2CCC2CN2CC3(CCCc4cc(Cl)ccc43)COc3ccc1cc32. The Morgan fingerprint density at radius 3 is 2.82 bits per heavy atom. The Labute approximate surface area is 235 Å². The largest absolute Gasteiger partial charge is 0.490 e. The third-order valence-electron chi connectivity index (χ3n) is 9.03. The number of halogens is 1. The molecule has 7 nitrogen and oxygen atoms in total. The van der Waals surface area contributed by atoms with Crippen LogP contribution in [-0.2, 0) is 21.9 Å². The summed E-state index contributed by atoms with van der Waals surface area (Å²) in [6.45, 7) is 1.93. The molecule has 4 atom stereocenters. The molecule has 9 heteroatoms. The maximum absolute atomic E-state index is 13.0. The van der Waals surface area contributed by atoms with E-state index in [4.69, 9.17) is 16.3 Å². The Hall–Kier alpha value is -2.55. The van der Waals surface area contributed by atoms with Crippen LogP contribution in [0, 0.1) is 11.8 Å². The zero-order valence-corrected chi connectivity index (χ0v) is 23.5. The Morgan fingerprint density at radius 1 is 1.13 bits per heavy atom. The predicted molar refractivity (Wildman–Crippen MR) is 152 cm³/mol. The molecular formula is C30H35ClN2O5S. The normalized spacial score (nSPS) is 31.1. The zero-order chi connectivity index (χ0) is 27.2. The molecule has 39 heavy (non-hydrogen) atoms. The van der Waals surface area contributed by atoms with Crippen LogP contribution < -0.4 is 14.4 Å². The van der Waals surface area contributed by atoms with Gasteiger partial charge in [-0.15, -0.1) is 0 Å². The molecule has 1 saturated carbocycles. The summed E-state index contributed by atoms with van der Waals surface area (Å²) in [5.41, 5.74) is 3.35. The van der Waals surface area contributed by atoms with E-state index in [-0.39, 0.29) is 22.6 Å². The van der Waals surface area contributed by atoms with Crippen LogP contribution in [-0.4, -0.2) is 51.0 Å². The summed E-state index contributed by atoms with van der Waals surface area (Å²) in [5, 5.41) is 11.7. The first-order valence-electron chi connectivity index (χ1n) is 13.9. The minimum Gasteiger partial charge on any atom is -0.490 e. The molecule has 0 aromatic heterocycles. The number of amides is 1. The minimum absolute atomic E-state index is 0.144. The molecule has 2 aliphatic carbocycles. The fraction of sp³-hybridized carbons (Fsp3) is 0.500. The second kappa shape index (κ2) is 10.5. The summed E-state index contributed by atoms with van der Waals surface area (Å²) >= 11 is 6.36. The summed E-state index contributed by atoms with van der Waals surface area (Å²) in [6.07, 6.45) is 8.98. The fourth-order valence-corrected chi connectivity index (χ4v) is 8.07. The van der Waals surface area contributed by atoms with Gasteiger partial charge in [-0.05, 0) is 98.2 Å². The van der Waals surface area contributed by atoms with Gasteiger partial charge in [-0.25, -0.2) is 13.1 Å². The van der Waals surface area contributed by atoms with Gasteiger partial charge in [-0.1, -0.05) is 29.8 Å². The van der Waals surface area contributed by atoms with Gasteiger partial charge in [0, 0.05) is 29.1 Å². The van der Waals surface area contributed by atoms with Gasteiger partial charge in [-0.2, -0.15) is 0 Å². The topological polar surface area (TPSA) is 95.9 Å². The van der Waals surface area contributed by atoms with Gasteiger partial charge in [0.1, 0.15) is 5.75 Å². The Kier molecular flexibility index (Phi) is 7.14. The number of hydrogen-bond donors (Lipinski definition) is 2. The predicted octanol–water partition coefficient (Wildman–Crippen LogP) is 4.61. The second-order valence-electron chi connectivity index (χ2n) is 11.6.